The van der Waals surface area contributed by atoms with Gasteiger partial charge in [-0.1, -0.05) is 11.6 Å². The van der Waals surface area contributed by atoms with E-state index in [0.717, 1.165) is 16.0 Å². The number of imidazole rings is 1. The minimum Gasteiger partial charge on any atom is -0.369 e. The van der Waals surface area contributed by atoms with Gasteiger partial charge in [-0.05, 0) is 32.0 Å². The summed E-state index contributed by atoms with van der Waals surface area (Å²) < 4.78 is 1.98. The van der Waals surface area contributed by atoms with Crippen molar-refractivity contribution < 1.29 is 0 Å². The van der Waals surface area contributed by atoms with Gasteiger partial charge in [-0.3, -0.25) is 4.57 Å². The molecule has 0 saturated carbocycles. The van der Waals surface area contributed by atoms with Crippen LogP contribution in [0.2, 0.25) is 5.02 Å². The molecule has 2 heterocycles. The first-order valence-corrected chi connectivity index (χ1v) is 7.10. The number of nitrogens with zero attached hydrogens (tertiary/aromatic N) is 3. The lowest BCUT2D eigenvalue weighted by molar-refractivity contribution is 0.453. The Bertz CT molecular complexity index is 731. The van der Waals surface area contributed by atoms with Crippen molar-refractivity contribution in [3.05, 3.63) is 39.8 Å². The van der Waals surface area contributed by atoms with Crippen molar-refractivity contribution in [2.24, 2.45) is 0 Å². The first kappa shape index (κ1) is 12.4. The predicted molar refractivity (Wildman–Crippen MR) is 79.7 cm³/mol. The van der Waals surface area contributed by atoms with Gasteiger partial charge >= 0.3 is 0 Å². The molecule has 0 aliphatic heterocycles. The zero-order valence-corrected chi connectivity index (χ0v) is 12.2. The monoisotopic (exact) mass is 292 g/mol. The summed E-state index contributed by atoms with van der Waals surface area (Å²) in [5.74, 6) is 0.470. The van der Waals surface area contributed by atoms with Gasteiger partial charge in [0.25, 0.3) is 0 Å². The van der Waals surface area contributed by atoms with Gasteiger partial charge in [0, 0.05) is 16.6 Å². The first-order valence-electron chi connectivity index (χ1n) is 5.84. The van der Waals surface area contributed by atoms with Crippen LogP contribution in [-0.4, -0.2) is 14.5 Å². The van der Waals surface area contributed by atoms with Gasteiger partial charge in [-0.15, -0.1) is 11.3 Å². The van der Waals surface area contributed by atoms with Crippen LogP contribution < -0.4 is 5.73 Å². The Kier molecular flexibility index (Phi) is 2.76. The molecule has 3 rings (SSSR count). The molecule has 0 aliphatic rings. The molecule has 6 heteroatoms. The molecule has 0 unspecified atom stereocenters. The molecule has 98 valence electrons. The maximum Gasteiger partial charge on any atom is 0.202 e. The summed E-state index contributed by atoms with van der Waals surface area (Å²) in [6, 6.07) is 5.58. The van der Waals surface area contributed by atoms with Crippen molar-refractivity contribution in [2.75, 3.05) is 5.73 Å². The number of anilines is 1. The molecule has 0 atom stereocenters. The highest BCUT2D eigenvalue weighted by atomic mass is 35.5. The maximum absolute atomic E-state index is 6.08. The van der Waals surface area contributed by atoms with Crippen molar-refractivity contribution in [3.63, 3.8) is 0 Å². The second-order valence-electron chi connectivity index (χ2n) is 4.83. The van der Waals surface area contributed by atoms with Crippen molar-refractivity contribution >= 4 is 39.9 Å². The van der Waals surface area contributed by atoms with Crippen LogP contribution in [0.15, 0.2) is 29.8 Å². The fourth-order valence-electron chi connectivity index (χ4n) is 2.28. The van der Waals surface area contributed by atoms with E-state index in [2.05, 4.69) is 23.8 Å². The fourth-order valence-corrected chi connectivity index (χ4v) is 3.19. The fraction of sp³-hybridized carbons (Fsp3) is 0.231. The summed E-state index contributed by atoms with van der Waals surface area (Å²) >= 11 is 7.68. The van der Waals surface area contributed by atoms with Crippen molar-refractivity contribution in [1.29, 1.82) is 0 Å². The van der Waals surface area contributed by atoms with Crippen LogP contribution in [0.5, 0.6) is 0 Å². The Balaban J connectivity index is 2.30. The van der Waals surface area contributed by atoms with Crippen LogP contribution in [0.4, 0.5) is 5.95 Å². The third kappa shape index (κ3) is 1.89. The third-order valence-corrected chi connectivity index (χ3v) is 4.48. The lowest BCUT2D eigenvalue weighted by atomic mass is 10.1. The van der Waals surface area contributed by atoms with Crippen LogP contribution in [-0.2, 0) is 5.54 Å². The van der Waals surface area contributed by atoms with Gasteiger partial charge in [-0.25, -0.2) is 9.97 Å². The van der Waals surface area contributed by atoms with E-state index in [1.807, 2.05) is 28.1 Å². The minimum absolute atomic E-state index is 0.363. The largest absolute Gasteiger partial charge is 0.369 e. The number of fused-ring (bicyclic) bond motifs is 1. The molecular weight excluding hydrogens is 280 g/mol. The number of nitrogen functional groups attached to an aromatic ring is 1. The molecule has 1 aromatic carbocycles. The average molecular weight is 293 g/mol. The second-order valence-corrected chi connectivity index (χ2v) is 6.17. The molecule has 0 aliphatic carbocycles. The van der Waals surface area contributed by atoms with Crippen molar-refractivity contribution in [2.45, 2.75) is 19.4 Å². The molecule has 2 aromatic heterocycles. The van der Waals surface area contributed by atoms with E-state index < -0.39 is 0 Å². The molecule has 0 bridgehead atoms. The Hall–Kier alpha value is -1.59. The number of rotatable bonds is 2. The normalized spacial score (nSPS) is 12.2. The van der Waals surface area contributed by atoms with Crippen LogP contribution in [0.25, 0.3) is 11.0 Å². The average Bonchev–Trinajstić information content (AvgIpc) is 2.95. The summed E-state index contributed by atoms with van der Waals surface area (Å²) in [7, 11) is 0. The number of halogens is 1. The van der Waals surface area contributed by atoms with E-state index in [1.54, 1.807) is 17.5 Å². The third-order valence-electron chi connectivity index (χ3n) is 3.16. The summed E-state index contributed by atoms with van der Waals surface area (Å²) in [6.45, 7) is 4.15. The topological polar surface area (TPSA) is 56.7 Å². The van der Waals surface area contributed by atoms with Crippen molar-refractivity contribution in [3.8, 4) is 0 Å². The van der Waals surface area contributed by atoms with Gasteiger partial charge in [0.2, 0.25) is 5.95 Å². The molecule has 2 N–H and O–H groups in total. The zero-order chi connectivity index (χ0) is 13.6. The lowest BCUT2D eigenvalue weighted by Gasteiger charge is -2.26. The molecule has 4 nitrogen and oxygen atoms in total. The van der Waals surface area contributed by atoms with Crippen LogP contribution >= 0.6 is 22.9 Å². The highest BCUT2D eigenvalue weighted by Crippen LogP contribution is 2.34. The predicted octanol–water partition coefficient (Wildman–Crippen LogP) is 3.51. The Morgan fingerprint density at radius 3 is 2.84 bits per heavy atom. The van der Waals surface area contributed by atoms with Crippen LogP contribution in [0, 0.1) is 0 Å². The number of hydrogen-bond acceptors (Lipinski definition) is 4. The van der Waals surface area contributed by atoms with Crippen LogP contribution in [0.3, 0.4) is 0 Å². The second kappa shape index (κ2) is 4.21. The van der Waals surface area contributed by atoms with Gasteiger partial charge in [0.1, 0.15) is 5.01 Å². The van der Waals surface area contributed by atoms with E-state index in [0.29, 0.717) is 11.0 Å². The quantitative estimate of drug-likeness (QED) is 0.786. The smallest absolute Gasteiger partial charge is 0.202 e. The highest BCUT2D eigenvalue weighted by Gasteiger charge is 2.29. The summed E-state index contributed by atoms with van der Waals surface area (Å²) in [5.41, 5.74) is 7.48. The van der Waals surface area contributed by atoms with E-state index >= 15 is 0 Å². The number of hydrogen-bond donors (Lipinski definition) is 1. The highest BCUT2D eigenvalue weighted by molar-refractivity contribution is 7.09. The Morgan fingerprint density at radius 2 is 2.16 bits per heavy atom. The van der Waals surface area contributed by atoms with Gasteiger partial charge in [0.05, 0.1) is 16.6 Å². The number of benzene rings is 1. The van der Waals surface area contributed by atoms with Gasteiger partial charge < -0.3 is 5.73 Å². The molecule has 0 radical (unpaired) electrons. The number of aromatic nitrogens is 3. The molecular formula is C13H13ClN4S. The minimum atomic E-state index is -0.363. The summed E-state index contributed by atoms with van der Waals surface area (Å²) in [4.78, 5) is 8.78. The number of nitrogens with two attached hydrogens (primary N) is 1. The summed E-state index contributed by atoms with van der Waals surface area (Å²) in [6.07, 6.45) is 1.80. The van der Waals surface area contributed by atoms with E-state index in [-0.39, 0.29) is 5.54 Å². The van der Waals surface area contributed by atoms with E-state index in [1.165, 1.54) is 0 Å². The van der Waals surface area contributed by atoms with Gasteiger partial charge in [-0.2, -0.15) is 0 Å². The van der Waals surface area contributed by atoms with Crippen LogP contribution in [0.1, 0.15) is 18.9 Å². The van der Waals surface area contributed by atoms with E-state index in [4.69, 9.17) is 17.3 Å². The maximum atomic E-state index is 6.08. The number of thiazole rings is 1. The SMILES string of the molecule is CC(C)(c1nccs1)n1c(N)nc2ccc(Cl)cc21. The van der Waals surface area contributed by atoms with E-state index in [9.17, 15) is 0 Å². The van der Waals surface area contributed by atoms with Crippen molar-refractivity contribution in [1.82, 2.24) is 14.5 Å². The van der Waals surface area contributed by atoms with Gasteiger partial charge in [0.15, 0.2) is 0 Å². The standard InChI is InChI=1S/C13H13ClN4S/c1-13(2,11-16-5-6-19-11)18-10-7-8(14)3-4-9(10)17-12(18)15/h3-7H,1-2H3,(H2,15,17). The molecule has 3 aromatic rings. The molecule has 0 spiro atoms. The first-order chi connectivity index (χ1) is 9.00. The molecule has 0 saturated heterocycles. The zero-order valence-electron chi connectivity index (χ0n) is 10.6. The lowest BCUT2D eigenvalue weighted by Crippen LogP contribution is -2.28. The molecule has 0 fully saturated rings. The summed E-state index contributed by atoms with van der Waals surface area (Å²) in [5, 5.41) is 3.61. The molecule has 19 heavy (non-hydrogen) atoms. The molecule has 0 amide bonds. The Morgan fingerprint density at radius 1 is 1.37 bits per heavy atom. The Labute approximate surface area is 119 Å².